The van der Waals surface area contributed by atoms with Crippen molar-refractivity contribution in [1.82, 2.24) is 10.4 Å². The summed E-state index contributed by atoms with van der Waals surface area (Å²) in [7, 11) is 0. The number of nitrogens with one attached hydrogen (secondary N) is 1. The Kier molecular flexibility index (Phi) is 6.04. The van der Waals surface area contributed by atoms with Crippen molar-refractivity contribution in [2.24, 2.45) is 5.84 Å². The van der Waals surface area contributed by atoms with E-state index in [0.717, 1.165) is 24.0 Å². The van der Waals surface area contributed by atoms with Crippen molar-refractivity contribution in [3.05, 3.63) is 23.4 Å². The first-order valence-electron chi connectivity index (χ1n) is 6.43. The molecule has 5 N–H and O–H groups in total. The van der Waals surface area contributed by atoms with Crippen LogP contribution in [0.2, 0.25) is 0 Å². The summed E-state index contributed by atoms with van der Waals surface area (Å²) in [5.74, 6) is 6.18. The molecule has 5 nitrogen and oxygen atoms in total. The van der Waals surface area contributed by atoms with Crippen molar-refractivity contribution in [1.29, 1.82) is 0 Å². The van der Waals surface area contributed by atoms with E-state index < -0.39 is 0 Å². The molecule has 0 fully saturated rings. The molecule has 0 aromatic carbocycles. The zero-order chi connectivity index (χ0) is 13.5. The molecule has 1 rings (SSSR count). The van der Waals surface area contributed by atoms with Crippen LogP contribution in [-0.2, 0) is 4.74 Å². The highest BCUT2D eigenvalue weighted by Gasteiger charge is 2.24. The summed E-state index contributed by atoms with van der Waals surface area (Å²) < 4.78 is 5.76. The molecule has 0 aliphatic rings. The van der Waals surface area contributed by atoms with E-state index in [2.05, 4.69) is 17.3 Å². The van der Waals surface area contributed by atoms with Crippen LogP contribution in [0.15, 0.2) is 12.3 Å². The molecule has 0 amide bonds. The van der Waals surface area contributed by atoms with E-state index in [1.165, 1.54) is 0 Å². The van der Waals surface area contributed by atoms with E-state index in [4.69, 9.17) is 16.3 Å². The van der Waals surface area contributed by atoms with Crippen molar-refractivity contribution in [2.45, 2.75) is 45.8 Å². The summed E-state index contributed by atoms with van der Waals surface area (Å²) in [6.45, 7) is 6.74. The first-order valence-corrected chi connectivity index (χ1v) is 6.43. The van der Waals surface area contributed by atoms with Gasteiger partial charge in [0.05, 0.1) is 12.1 Å². The average molecular weight is 252 g/mol. The molecule has 0 aliphatic carbocycles. The normalized spacial score (nSPS) is 14.4. The predicted octanol–water partition coefficient (Wildman–Crippen LogP) is 1.68. The van der Waals surface area contributed by atoms with Crippen LogP contribution in [0.3, 0.4) is 0 Å². The molecule has 1 aromatic rings. The second-order valence-electron chi connectivity index (χ2n) is 4.41. The van der Waals surface area contributed by atoms with Gasteiger partial charge in [-0.3, -0.25) is 11.3 Å². The molecule has 0 bridgehead atoms. The molecule has 1 aromatic heterocycles. The summed E-state index contributed by atoms with van der Waals surface area (Å²) in [6, 6.07) is 1.88. The Morgan fingerprint density at radius 2 is 2.17 bits per heavy atom. The molecule has 2 unspecified atom stereocenters. The standard InChI is InChI=1S/C13H24N4O/c1-4-6-11(18-5-2)12(17-15)10-7-9(3)8-16-13(10)14/h7-8,11-12,17H,4-6,15H2,1-3H3,(H2,14,16). The highest BCUT2D eigenvalue weighted by Crippen LogP contribution is 2.26. The average Bonchev–Trinajstić information content (AvgIpc) is 2.35. The Bertz CT molecular complexity index is 364. The number of nitrogens with two attached hydrogens (primary N) is 2. The Morgan fingerprint density at radius 1 is 1.44 bits per heavy atom. The minimum atomic E-state index is -0.128. The zero-order valence-corrected chi connectivity index (χ0v) is 11.4. The Labute approximate surface area is 109 Å². The van der Waals surface area contributed by atoms with Crippen molar-refractivity contribution >= 4 is 5.82 Å². The second-order valence-corrected chi connectivity index (χ2v) is 4.41. The van der Waals surface area contributed by atoms with Crippen LogP contribution in [0.25, 0.3) is 0 Å². The van der Waals surface area contributed by atoms with Gasteiger partial charge in [0.25, 0.3) is 0 Å². The topological polar surface area (TPSA) is 86.2 Å². The van der Waals surface area contributed by atoms with E-state index in [-0.39, 0.29) is 12.1 Å². The van der Waals surface area contributed by atoms with Gasteiger partial charge in [-0.2, -0.15) is 0 Å². The van der Waals surface area contributed by atoms with E-state index in [9.17, 15) is 0 Å². The van der Waals surface area contributed by atoms with E-state index in [1.807, 2.05) is 19.9 Å². The van der Waals surface area contributed by atoms with Crippen LogP contribution in [-0.4, -0.2) is 17.7 Å². The molecular weight excluding hydrogens is 228 g/mol. The molecule has 5 heteroatoms. The van der Waals surface area contributed by atoms with Gasteiger partial charge in [0.15, 0.2) is 0 Å². The minimum absolute atomic E-state index is 0.0101. The lowest BCUT2D eigenvalue weighted by Gasteiger charge is -2.27. The largest absolute Gasteiger partial charge is 0.383 e. The summed E-state index contributed by atoms with van der Waals surface area (Å²) in [5.41, 5.74) is 10.7. The molecular formula is C13H24N4O. The van der Waals surface area contributed by atoms with Gasteiger partial charge in [-0.05, 0) is 31.9 Å². The maximum atomic E-state index is 5.93. The maximum absolute atomic E-state index is 5.93. The Hall–Kier alpha value is -1.17. The van der Waals surface area contributed by atoms with Gasteiger partial charge in [0, 0.05) is 18.4 Å². The molecule has 2 atom stereocenters. The van der Waals surface area contributed by atoms with Crippen LogP contribution in [0.1, 0.15) is 43.9 Å². The fourth-order valence-corrected chi connectivity index (χ4v) is 2.09. The van der Waals surface area contributed by atoms with Crippen LogP contribution < -0.4 is 17.0 Å². The lowest BCUT2D eigenvalue weighted by molar-refractivity contribution is 0.0277. The van der Waals surface area contributed by atoms with Crippen molar-refractivity contribution in [3.63, 3.8) is 0 Å². The summed E-state index contributed by atoms with van der Waals surface area (Å²) in [6.07, 6.45) is 3.72. The van der Waals surface area contributed by atoms with Gasteiger partial charge >= 0.3 is 0 Å². The second kappa shape index (κ2) is 7.31. The Balaban J connectivity index is 3.01. The van der Waals surface area contributed by atoms with Gasteiger partial charge in [-0.25, -0.2) is 4.98 Å². The predicted molar refractivity (Wildman–Crippen MR) is 73.8 cm³/mol. The summed E-state index contributed by atoms with van der Waals surface area (Å²) in [4.78, 5) is 4.18. The van der Waals surface area contributed by atoms with E-state index in [0.29, 0.717) is 12.4 Å². The zero-order valence-electron chi connectivity index (χ0n) is 11.4. The van der Waals surface area contributed by atoms with Crippen molar-refractivity contribution in [2.75, 3.05) is 12.3 Å². The van der Waals surface area contributed by atoms with Gasteiger partial charge in [0.2, 0.25) is 0 Å². The van der Waals surface area contributed by atoms with Crippen LogP contribution in [0.5, 0.6) is 0 Å². The first-order chi connectivity index (χ1) is 8.63. The lowest BCUT2D eigenvalue weighted by Crippen LogP contribution is -2.38. The number of nitrogen functional groups attached to an aromatic ring is 1. The Morgan fingerprint density at radius 3 is 2.72 bits per heavy atom. The van der Waals surface area contributed by atoms with Crippen molar-refractivity contribution < 1.29 is 4.74 Å². The number of nitrogens with zero attached hydrogens (tertiary/aromatic N) is 1. The number of hydrogen-bond donors (Lipinski definition) is 3. The number of aryl methyl sites for hydroxylation is 1. The van der Waals surface area contributed by atoms with E-state index >= 15 is 0 Å². The molecule has 0 spiro atoms. The highest BCUT2D eigenvalue weighted by atomic mass is 16.5. The molecule has 0 saturated carbocycles. The van der Waals surface area contributed by atoms with Crippen LogP contribution in [0, 0.1) is 6.92 Å². The maximum Gasteiger partial charge on any atom is 0.128 e. The van der Waals surface area contributed by atoms with Gasteiger partial charge < -0.3 is 10.5 Å². The van der Waals surface area contributed by atoms with Gasteiger partial charge in [-0.15, -0.1) is 0 Å². The molecule has 102 valence electrons. The molecule has 0 radical (unpaired) electrons. The molecule has 18 heavy (non-hydrogen) atoms. The number of ether oxygens (including phenoxy) is 1. The number of pyridine rings is 1. The smallest absolute Gasteiger partial charge is 0.128 e. The highest BCUT2D eigenvalue weighted by molar-refractivity contribution is 5.43. The minimum Gasteiger partial charge on any atom is -0.383 e. The third kappa shape index (κ3) is 3.66. The number of rotatable bonds is 7. The molecule has 0 saturated heterocycles. The summed E-state index contributed by atoms with van der Waals surface area (Å²) >= 11 is 0. The van der Waals surface area contributed by atoms with Crippen LogP contribution in [0.4, 0.5) is 5.82 Å². The number of hydrogen-bond acceptors (Lipinski definition) is 5. The fraction of sp³-hybridized carbons (Fsp3) is 0.615. The molecule has 0 aliphatic heterocycles. The number of aromatic nitrogens is 1. The van der Waals surface area contributed by atoms with Gasteiger partial charge in [0.1, 0.15) is 5.82 Å². The fourth-order valence-electron chi connectivity index (χ4n) is 2.09. The van der Waals surface area contributed by atoms with Crippen LogP contribution >= 0.6 is 0 Å². The van der Waals surface area contributed by atoms with E-state index in [1.54, 1.807) is 6.20 Å². The number of anilines is 1. The quantitative estimate of drug-likeness (QED) is 0.508. The van der Waals surface area contributed by atoms with Crippen molar-refractivity contribution in [3.8, 4) is 0 Å². The lowest BCUT2D eigenvalue weighted by atomic mass is 9.98. The molecule has 1 heterocycles. The monoisotopic (exact) mass is 252 g/mol. The third-order valence-electron chi connectivity index (χ3n) is 2.93. The SMILES string of the molecule is CCCC(OCC)C(NN)c1cc(C)cnc1N. The first kappa shape index (κ1) is 14.9. The van der Waals surface area contributed by atoms with Gasteiger partial charge in [-0.1, -0.05) is 13.3 Å². The third-order valence-corrected chi connectivity index (χ3v) is 2.93. The number of hydrazine groups is 1. The summed E-state index contributed by atoms with van der Waals surface area (Å²) in [5, 5.41) is 0.